The van der Waals surface area contributed by atoms with Crippen LogP contribution in [0.1, 0.15) is 23.2 Å². The highest BCUT2D eigenvalue weighted by molar-refractivity contribution is 5.83. The maximum atomic E-state index is 6.03. The zero-order valence-electron chi connectivity index (χ0n) is 17.5. The normalized spacial score (nSPS) is 14.9. The second-order valence-electron chi connectivity index (χ2n) is 8.39. The molecule has 1 aliphatic heterocycles. The number of anilines is 3. The molecule has 4 aromatic rings. The molecule has 2 aromatic carbocycles. The molecule has 0 unspecified atom stereocenters. The first-order valence-corrected chi connectivity index (χ1v) is 11.2. The molecule has 2 aromatic heterocycles. The quantitative estimate of drug-likeness (QED) is 0.473. The van der Waals surface area contributed by atoms with E-state index in [1.54, 1.807) is 0 Å². The van der Waals surface area contributed by atoms with E-state index in [1.165, 1.54) is 45.5 Å². The van der Waals surface area contributed by atoms with Gasteiger partial charge in [-0.2, -0.15) is 0 Å². The summed E-state index contributed by atoms with van der Waals surface area (Å²) < 4.78 is 6.03. The van der Waals surface area contributed by atoms with Gasteiger partial charge in [0.2, 0.25) is 0 Å². The number of benzene rings is 2. The largest absolute Gasteiger partial charge is 0.489 e. The molecule has 0 atom stereocenters. The van der Waals surface area contributed by atoms with Crippen LogP contribution in [0.2, 0.25) is 0 Å². The summed E-state index contributed by atoms with van der Waals surface area (Å²) in [4.78, 5) is 10.4. The molecule has 2 aliphatic rings. The zero-order valence-corrected chi connectivity index (χ0v) is 17.5. The molecule has 6 rings (SSSR count). The van der Waals surface area contributed by atoms with E-state index < -0.39 is 0 Å². The van der Waals surface area contributed by atoms with Gasteiger partial charge < -0.3 is 19.9 Å². The minimum Gasteiger partial charge on any atom is -0.489 e. The number of aryl methyl sites for hydroxylation is 1. The number of aromatic amines is 1. The van der Waals surface area contributed by atoms with Crippen LogP contribution in [-0.2, 0) is 19.3 Å². The third kappa shape index (κ3) is 3.40. The number of nitrogens with one attached hydrogen (secondary N) is 2. The van der Waals surface area contributed by atoms with E-state index in [9.17, 15) is 0 Å². The van der Waals surface area contributed by atoms with Crippen molar-refractivity contribution in [2.75, 3.05) is 29.9 Å². The van der Waals surface area contributed by atoms with Gasteiger partial charge in [-0.15, -0.1) is 0 Å². The Bertz CT molecular complexity index is 1250. The fourth-order valence-corrected chi connectivity index (χ4v) is 4.92. The predicted octanol–water partition coefficient (Wildman–Crippen LogP) is 5.24. The number of hydrogen-bond donors (Lipinski definition) is 2. The number of rotatable bonds is 5. The summed E-state index contributed by atoms with van der Waals surface area (Å²) in [5.74, 6) is 0.959. The number of para-hydroxylation sites is 1. The number of ether oxygens (including phenoxy) is 1. The van der Waals surface area contributed by atoms with Crippen molar-refractivity contribution in [2.45, 2.75) is 25.7 Å². The summed E-state index contributed by atoms with van der Waals surface area (Å²) in [6.07, 6.45) is 8.45. The van der Waals surface area contributed by atoms with E-state index in [-0.39, 0.29) is 0 Å². The molecule has 0 spiro atoms. The fourth-order valence-electron chi connectivity index (χ4n) is 4.92. The van der Waals surface area contributed by atoms with Gasteiger partial charge in [0.25, 0.3) is 0 Å². The Hall–Kier alpha value is -3.47. The molecular formula is C26H26N4O. The Morgan fingerprint density at radius 3 is 3.06 bits per heavy atom. The van der Waals surface area contributed by atoms with Gasteiger partial charge in [0.1, 0.15) is 12.4 Å². The minimum absolute atomic E-state index is 0.717. The number of fused-ring (bicyclic) bond motifs is 3. The van der Waals surface area contributed by atoms with Gasteiger partial charge in [-0.05, 0) is 61.1 Å². The van der Waals surface area contributed by atoms with E-state index in [0.29, 0.717) is 0 Å². The van der Waals surface area contributed by atoms with Crippen molar-refractivity contribution >= 4 is 28.0 Å². The average Bonchev–Trinajstić information content (AvgIpc) is 3.45. The lowest BCUT2D eigenvalue weighted by Crippen LogP contribution is -2.34. The summed E-state index contributed by atoms with van der Waals surface area (Å²) in [6.45, 7) is 2.61. The Morgan fingerprint density at radius 1 is 1.10 bits per heavy atom. The molecule has 5 heteroatoms. The molecule has 2 N–H and O–H groups in total. The first-order valence-electron chi connectivity index (χ1n) is 11.2. The molecule has 1 aliphatic carbocycles. The number of H-pyrrole nitrogens is 1. The summed E-state index contributed by atoms with van der Waals surface area (Å²) in [5, 5.41) is 4.92. The molecular weight excluding hydrogens is 384 g/mol. The number of pyridine rings is 1. The van der Waals surface area contributed by atoms with Gasteiger partial charge in [-0.1, -0.05) is 18.2 Å². The smallest absolute Gasteiger partial charge is 0.144 e. The zero-order chi connectivity index (χ0) is 20.6. The average molecular weight is 411 g/mol. The van der Waals surface area contributed by atoms with E-state index in [2.05, 4.69) is 74.9 Å². The van der Waals surface area contributed by atoms with Crippen LogP contribution in [0.4, 0.5) is 17.1 Å². The lowest BCUT2D eigenvalue weighted by atomic mass is 10.1. The first-order chi connectivity index (χ1) is 15.3. The van der Waals surface area contributed by atoms with Gasteiger partial charge in [0, 0.05) is 53.0 Å². The van der Waals surface area contributed by atoms with Gasteiger partial charge >= 0.3 is 0 Å². The Kier molecular flexibility index (Phi) is 4.52. The predicted molar refractivity (Wildman–Crippen MR) is 126 cm³/mol. The van der Waals surface area contributed by atoms with Crippen LogP contribution in [0.25, 0.3) is 10.9 Å². The molecule has 0 fully saturated rings. The standard InChI is InChI=1S/C26H26N4O/c1-2-6-22-20(4-1)18(17-28-22)11-13-30-14-15-31-26-16-19(8-9-25(26)30)29-24-10-12-27-23-7-3-5-21(23)24/h1-2,4,6,8-10,12,16-17,28H,3,5,7,11,13-15H2,(H,27,29). The highest BCUT2D eigenvalue weighted by atomic mass is 16.5. The van der Waals surface area contributed by atoms with Gasteiger partial charge in [0.05, 0.1) is 12.2 Å². The molecule has 31 heavy (non-hydrogen) atoms. The Labute approximate surface area is 182 Å². The third-order valence-corrected chi connectivity index (χ3v) is 6.51. The van der Waals surface area contributed by atoms with Gasteiger partial charge in [0.15, 0.2) is 0 Å². The van der Waals surface area contributed by atoms with Crippen LogP contribution < -0.4 is 15.0 Å². The van der Waals surface area contributed by atoms with Gasteiger partial charge in [-0.3, -0.25) is 4.98 Å². The maximum absolute atomic E-state index is 6.03. The molecule has 156 valence electrons. The van der Waals surface area contributed by atoms with Crippen molar-refractivity contribution < 1.29 is 4.74 Å². The molecule has 0 saturated heterocycles. The van der Waals surface area contributed by atoms with Crippen molar-refractivity contribution in [3.63, 3.8) is 0 Å². The van der Waals surface area contributed by atoms with Crippen molar-refractivity contribution in [2.24, 2.45) is 0 Å². The summed E-state index contributed by atoms with van der Waals surface area (Å²) in [5.41, 5.74) is 8.60. The molecule has 0 bridgehead atoms. The van der Waals surface area contributed by atoms with Gasteiger partial charge in [-0.25, -0.2) is 0 Å². The molecule has 0 saturated carbocycles. The molecule has 0 radical (unpaired) electrons. The lowest BCUT2D eigenvalue weighted by Gasteiger charge is -2.31. The fraction of sp³-hybridized carbons (Fsp3) is 0.269. The van der Waals surface area contributed by atoms with Crippen molar-refractivity contribution in [3.05, 3.63) is 77.7 Å². The summed E-state index contributed by atoms with van der Waals surface area (Å²) in [7, 11) is 0. The molecule has 3 heterocycles. The van der Waals surface area contributed by atoms with E-state index >= 15 is 0 Å². The van der Waals surface area contributed by atoms with Crippen molar-refractivity contribution in [1.82, 2.24) is 9.97 Å². The monoisotopic (exact) mass is 410 g/mol. The van der Waals surface area contributed by atoms with Crippen molar-refractivity contribution in [3.8, 4) is 5.75 Å². The number of aromatic nitrogens is 2. The van der Waals surface area contributed by atoms with Crippen LogP contribution in [0.3, 0.4) is 0 Å². The summed E-state index contributed by atoms with van der Waals surface area (Å²) in [6, 6.07) is 17.1. The topological polar surface area (TPSA) is 53.2 Å². The highest BCUT2D eigenvalue weighted by Gasteiger charge is 2.20. The lowest BCUT2D eigenvalue weighted by molar-refractivity contribution is 0.308. The third-order valence-electron chi connectivity index (χ3n) is 6.51. The van der Waals surface area contributed by atoms with Crippen LogP contribution in [0.15, 0.2) is 60.9 Å². The Morgan fingerprint density at radius 2 is 2.06 bits per heavy atom. The SMILES string of the molecule is c1ccc2c(CCN3CCOc4cc(Nc5ccnc6c5CCC6)ccc43)c[nH]c2c1. The second kappa shape index (κ2) is 7.65. The van der Waals surface area contributed by atoms with Crippen LogP contribution in [0.5, 0.6) is 5.75 Å². The maximum Gasteiger partial charge on any atom is 0.144 e. The Balaban J connectivity index is 1.21. The van der Waals surface area contributed by atoms with Crippen molar-refractivity contribution in [1.29, 1.82) is 0 Å². The second-order valence-corrected chi connectivity index (χ2v) is 8.39. The number of hydrogen-bond acceptors (Lipinski definition) is 4. The van der Waals surface area contributed by atoms with E-state index in [0.717, 1.165) is 50.4 Å². The minimum atomic E-state index is 0.717. The van der Waals surface area contributed by atoms with E-state index in [1.807, 2.05) is 6.20 Å². The molecule has 5 nitrogen and oxygen atoms in total. The summed E-state index contributed by atoms with van der Waals surface area (Å²) >= 11 is 0. The first kappa shape index (κ1) is 18.3. The van der Waals surface area contributed by atoms with Crippen LogP contribution in [0, 0.1) is 0 Å². The van der Waals surface area contributed by atoms with E-state index in [4.69, 9.17) is 4.74 Å². The van der Waals surface area contributed by atoms with Crippen LogP contribution in [-0.4, -0.2) is 29.7 Å². The van der Waals surface area contributed by atoms with Crippen LogP contribution >= 0.6 is 0 Å². The highest BCUT2D eigenvalue weighted by Crippen LogP contribution is 2.36. The molecule has 0 amide bonds. The number of nitrogens with zero attached hydrogens (tertiary/aromatic N) is 2.